The Hall–Kier alpha value is -3.29. The number of nitrogens with one attached hydrogen (secondary N) is 1. The number of carbonyl (C=O) groups excluding carboxylic acids is 1. The van der Waals surface area contributed by atoms with Crippen LogP contribution in [0.3, 0.4) is 0 Å². The molecule has 8 heteroatoms. The first kappa shape index (κ1) is 22.5. The molecule has 1 heterocycles. The second kappa shape index (κ2) is 9.16. The Morgan fingerprint density at radius 3 is 2.59 bits per heavy atom. The lowest BCUT2D eigenvalue weighted by atomic mass is 9.87. The highest BCUT2D eigenvalue weighted by Crippen LogP contribution is 2.40. The van der Waals surface area contributed by atoms with Crippen molar-refractivity contribution in [1.82, 2.24) is 4.98 Å². The van der Waals surface area contributed by atoms with Crippen molar-refractivity contribution in [2.24, 2.45) is 11.8 Å². The van der Waals surface area contributed by atoms with Gasteiger partial charge in [0.25, 0.3) is 0 Å². The number of halogens is 2. The molecule has 0 aliphatic heterocycles. The number of Topliss-reactive ketones (excluding diaryl/α,β-unsaturated/α-hetero) is 1. The Labute approximate surface area is 204 Å². The Kier molecular flexibility index (Phi) is 6.06. The predicted octanol–water partition coefficient (Wildman–Crippen LogP) is 7.18. The topological polar surface area (TPSA) is 79.3 Å². The zero-order valence-electron chi connectivity index (χ0n) is 17.9. The van der Waals surface area contributed by atoms with E-state index in [0.717, 1.165) is 4.70 Å². The van der Waals surface area contributed by atoms with Crippen molar-refractivity contribution in [3.05, 3.63) is 77.1 Å². The number of benzene rings is 3. The third kappa shape index (κ3) is 4.17. The number of ketones is 1. The zero-order chi connectivity index (χ0) is 23.8. The zero-order valence-corrected chi connectivity index (χ0v) is 19.5. The number of carboxylic acids is 1. The monoisotopic (exact) mass is 494 g/mol. The standard InChI is InChI=1S/C26H20ClFN2O3S/c27-15-9-12-21-20(13-15)29-26(34-21)30-23-19(24(31)17-7-4-8-18(17)25(32)33)11-10-16(22(23)28)14-5-2-1-3-6-14/h1-3,5-6,9-13,17-18H,4,7-8H2,(H,29,30)(H,32,33)/t17-,18-/m1/s1. The van der Waals surface area contributed by atoms with Gasteiger partial charge in [-0.15, -0.1) is 0 Å². The van der Waals surface area contributed by atoms with Gasteiger partial charge in [-0.1, -0.05) is 65.8 Å². The van der Waals surface area contributed by atoms with Gasteiger partial charge in [0.15, 0.2) is 16.7 Å². The molecule has 1 saturated carbocycles. The highest BCUT2D eigenvalue weighted by Gasteiger charge is 2.39. The van der Waals surface area contributed by atoms with Crippen LogP contribution in [0.5, 0.6) is 0 Å². The van der Waals surface area contributed by atoms with Crippen LogP contribution in [-0.2, 0) is 4.79 Å². The summed E-state index contributed by atoms with van der Waals surface area (Å²) in [7, 11) is 0. The van der Waals surface area contributed by atoms with Gasteiger partial charge in [0.1, 0.15) is 0 Å². The normalized spacial score (nSPS) is 17.7. The van der Waals surface area contributed by atoms with Crippen LogP contribution in [0.4, 0.5) is 15.2 Å². The summed E-state index contributed by atoms with van der Waals surface area (Å²) < 4.78 is 16.8. The largest absolute Gasteiger partial charge is 0.481 e. The summed E-state index contributed by atoms with van der Waals surface area (Å²) in [5.41, 5.74) is 1.81. The number of aliphatic carboxylic acids is 1. The smallest absolute Gasteiger partial charge is 0.307 e. The van der Waals surface area contributed by atoms with E-state index in [2.05, 4.69) is 10.3 Å². The number of rotatable bonds is 6. The summed E-state index contributed by atoms with van der Waals surface area (Å²) in [5.74, 6) is -3.39. The molecule has 5 rings (SSSR count). The first-order chi connectivity index (χ1) is 16.4. The molecular weight excluding hydrogens is 475 g/mol. The third-order valence-electron chi connectivity index (χ3n) is 6.24. The molecule has 2 atom stereocenters. The highest BCUT2D eigenvalue weighted by molar-refractivity contribution is 7.22. The lowest BCUT2D eigenvalue weighted by molar-refractivity contribution is -0.142. The number of carboxylic acid groups (broad SMARTS) is 1. The Balaban J connectivity index is 1.61. The molecule has 5 nitrogen and oxygen atoms in total. The molecule has 4 aromatic rings. The first-order valence-electron chi connectivity index (χ1n) is 10.9. The average Bonchev–Trinajstić information content (AvgIpc) is 3.47. The minimum atomic E-state index is -0.991. The van der Waals surface area contributed by atoms with Crippen molar-refractivity contribution < 1.29 is 19.1 Å². The fourth-order valence-corrected chi connectivity index (χ4v) is 5.59. The van der Waals surface area contributed by atoms with Gasteiger partial charge < -0.3 is 10.4 Å². The van der Waals surface area contributed by atoms with Gasteiger partial charge in [-0.25, -0.2) is 9.37 Å². The molecule has 3 aromatic carbocycles. The molecule has 0 saturated heterocycles. The van der Waals surface area contributed by atoms with Gasteiger partial charge in [-0.05, 0) is 42.7 Å². The van der Waals surface area contributed by atoms with Gasteiger partial charge in [-0.3, -0.25) is 9.59 Å². The van der Waals surface area contributed by atoms with Crippen LogP contribution in [-0.4, -0.2) is 21.8 Å². The van der Waals surface area contributed by atoms with Crippen LogP contribution in [0.25, 0.3) is 21.3 Å². The van der Waals surface area contributed by atoms with E-state index in [1.54, 1.807) is 36.4 Å². The summed E-state index contributed by atoms with van der Waals surface area (Å²) >= 11 is 7.39. The molecule has 1 fully saturated rings. The lowest BCUT2D eigenvalue weighted by Gasteiger charge is -2.19. The maximum atomic E-state index is 16.0. The van der Waals surface area contributed by atoms with E-state index in [-0.39, 0.29) is 17.0 Å². The van der Waals surface area contributed by atoms with Crippen LogP contribution in [0, 0.1) is 17.7 Å². The van der Waals surface area contributed by atoms with Crippen LogP contribution < -0.4 is 5.32 Å². The molecule has 2 N–H and O–H groups in total. The molecule has 0 bridgehead atoms. The van der Waals surface area contributed by atoms with E-state index in [1.807, 2.05) is 24.3 Å². The summed E-state index contributed by atoms with van der Waals surface area (Å²) in [6, 6.07) is 17.5. The molecule has 0 unspecified atom stereocenters. The molecule has 1 aromatic heterocycles. The van der Waals surface area contributed by atoms with Crippen molar-refractivity contribution in [2.75, 3.05) is 5.32 Å². The van der Waals surface area contributed by atoms with Crippen LogP contribution in [0.2, 0.25) is 5.02 Å². The molecule has 34 heavy (non-hydrogen) atoms. The molecule has 0 radical (unpaired) electrons. The quantitative estimate of drug-likeness (QED) is 0.277. The fourth-order valence-electron chi connectivity index (χ4n) is 4.57. The van der Waals surface area contributed by atoms with E-state index in [9.17, 15) is 14.7 Å². The number of hydrogen-bond donors (Lipinski definition) is 2. The van der Waals surface area contributed by atoms with Crippen LogP contribution >= 0.6 is 22.9 Å². The summed E-state index contributed by atoms with van der Waals surface area (Å²) in [5, 5.41) is 13.6. The van der Waals surface area contributed by atoms with E-state index in [0.29, 0.717) is 46.1 Å². The van der Waals surface area contributed by atoms with Gasteiger partial charge in [0.05, 0.1) is 21.8 Å². The summed E-state index contributed by atoms with van der Waals surface area (Å²) in [6.07, 6.45) is 1.56. The van der Waals surface area contributed by atoms with E-state index < -0.39 is 23.6 Å². The van der Waals surface area contributed by atoms with Crippen molar-refractivity contribution in [3.8, 4) is 11.1 Å². The van der Waals surface area contributed by atoms with Gasteiger partial charge in [0.2, 0.25) is 0 Å². The number of fused-ring (bicyclic) bond motifs is 1. The van der Waals surface area contributed by atoms with E-state index >= 15 is 4.39 Å². The second-order valence-electron chi connectivity index (χ2n) is 8.32. The maximum Gasteiger partial charge on any atom is 0.307 e. The van der Waals surface area contributed by atoms with Crippen molar-refractivity contribution in [1.29, 1.82) is 0 Å². The minimum Gasteiger partial charge on any atom is -0.481 e. The lowest BCUT2D eigenvalue weighted by Crippen LogP contribution is -2.26. The predicted molar refractivity (Wildman–Crippen MR) is 133 cm³/mol. The maximum absolute atomic E-state index is 16.0. The molecular formula is C26H20ClFN2O3S. The summed E-state index contributed by atoms with van der Waals surface area (Å²) in [4.78, 5) is 29.7. The number of carbonyl (C=O) groups is 2. The molecule has 0 spiro atoms. The van der Waals surface area contributed by atoms with Crippen molar-refractivity contribution >= 4 is 55.7 Å². The highest BCUT2D eigenvalue weighted by atomic mass is 35.5. The van der Waals surface area contributed by atoms with Crippen molar-refractivity contribution in [3.63, 3.8) is 0 Å². The summed E-state index contributed by atoms with van der Waals surface area (Å²) in [6.45, 7) is 0. The fraction of sp³-hybridized carbons (Fsp3) is 0.192. The van der Waals surface area contributed by atoms with E-state index in [1.165, 1.54) is 11.3 Å². The van der Waals surface area contributed by atoms with Crippen LogP contribution in [0.15, 0.2) is 60.7 Å². The SMILES string of the molecule is O=C(O)[C@@H]1CCC[C@H]1C(=O)c1ccc(-c2ccccc2)c(F)c1Nc1nc2cc(Cl)ccc2s1. The minimum absolute atomic E-state index is 0.00699. The molecule has 1 aliphatic carbocycles. The number of hydrogen-bond acceptors (Lipinski definition) is 5. The molecule has 1 aliphatic rings. The second-order valence-corrected chi connectivity index (χ2v) is 9.79. The Morgan fingerprint density at radius 1 is 1.06 bits per heavy atom. The van der Waals surface area contributed by atoms with Gasteiger partial charge >= 0.3 is 5.97 Å². The Bertz CT molecular complexity index is 1410. The third-order valence-corrected chi connectivity index (χ3v) is 7.43. The molecule has 172 valence electrons. The molecule has 0 amide bonds. The first-order valence-corrected chi connectivity index (χ1v) is 12.1. The average molecular weight is 495 g/mol. The van der Waals surface area contributed by atoms with Gasteiger partial charge in [-0.2, -0.15) is 0 Å². The Morgan fingerprint density at radius 2 is 1.82 bits per heavy atom. The van der Waals surface area contributed by atoms with Crippen molar-refractivity contribution in [2.45, 2.75) is 19.3 Å². The number of thiazole rings is 1. The van der Waals surface area contributed by atoms with Gasteiger partial charge in [0, 0.05) is 22.1 Å². The number of aromatic nitrogens is 1. The number of nitrogens with zero attached hydrogens (tertiary/aromatic N) is 1. The number of anilines is 2. The van der Waals surface area contributed by atoms with E-state index in [4.69, 9.17) is 11.6 Å². The van der Waals surface area contributed by atoms with Crippen LogP contribution in [0.1, 0.15) is 29.6 Å².